The number of benzene rings is 1. The Balaban J connectivity index is 1.66. The fraction of sp³-hybridized carbons (Fsp3) is 0.529. The number of hydrogen-bond donors (Lipinski definition) is 0. The fourth-order valence-corrected chi connectivity index (χ4v) is 4.23. The number of fused-ring (bicyclic) bond motifs is 1. The number of aryl methyl sites for hydroxylation is 1. The number of likely N-dealkylation sites (tertiary alicyclic amines) is 1. The standard InChI is InChI=1S/C17H23N3OS/c1-12-8-13(2)10-20(9-12)16(21)11-22-17-18-14-6-4-5-7-15(14)19(17)3/h4-7,12-13H,8-11H2,1-3H3/t12-,13-/m1/s1. The maximum absolute atomic E-state index is 12.5. The van der Waals surface area contributed by atoms with Gasteiger partial charge in [-0.3, -0.25) is 4.79 Å². The average Bonchev–Trinajstić information content (AvgIpc) is 2.81. The molecule has 1 amide bonds. The Labute approximate surface area is 135 Å². The lowest BCUT2D eigenvalue weighted by Crippen LogP contribution is -2.43. The minimum atomic E-state index is 0.232. The molecule has 0 bridgehead atoms. The number of thioether (sulfide) groups is 1. The van der Waals surface area contributed by atoms with Crippen molar-refractivity contribution in [3.8, 4) is 0 Å². The molecule has 1 aliphatic rings. The summed E-state index contributed by atoms with van der Waals surface area (Å²) in [4.78, 5) is 19.1. The van der Waals surface area contributed by atoms with Crippen molar-refractivity contribution in [1.29, 1.82) is 0 Å². The van der Waals surface area contributed by atoms with Gasteiger partial charge in [-0.05, 0) is 30.4 Å². The maximum atomic E-state index is 12.5. The minimum Gasteiger partial charge on any atom is -0.341 e. The summed E-state index contributed by atoms with van der Waals surface area (Å²) < 4.78 is 2.06. The Morgan fingerprint density at radius 3 is 2.64 bits per heavy atom. The summed E-state index contributed by atoms with van der Waals surface area (Å²) in [6.45, 7) is 6.25. The van der Waals surface area contributed by atoms with Gasteiger partial charge < -0.3 is 9.47 Å². The van der Waals surface area contributed by atoms with Crippen molar-refractivity contribution in [1.82, 2.24) is 14.5 Å². The Kier molecular flexibility index (Phi) is 4.43. The molecule has 4 nitrogen and oxygen atoms in total. The lowest BCUT2D eigenvalue weighted by Gasteiger charge is -2.34. The second-order valence-corrected chi connectivity index (χ2v) is 7.42. The SMILES string of the molecule is C[C@@H]1C[C@@H](C)CN(C(=O)CSc2nc3ccccc3n2C)C1. The van der Waals surface area contributed by atoms with Gasteiger partial charge in [-0.25, -0.2) is 4.98 Å². The first-order chi connectivity index (χ1) is 10.5. The third kappa shape index (κ3) is 3.14. The molecule has 1 aromatic carbocycles. The molecule has 1 aromatic heterocycles. The molecule has 2 heterocycles. The number of aromatic nitrogens is 2. The second kappa shape index (κ2) is 6.32. The highest BCUT2D eigenvalue weighted by Gasteiger charge is 2.25. The zero-order chi connectivity index (χ0) is 15.7. The summed E-state index contributed by atoms with van der Waals surface area (Å²) in [5, 5.41) is 0.910. The van der Waals surface area contributed by atoms with Gasteiger partial charge in [0.2, 0.25) is 5.91 Å². The summed E-state index contributed by atoms with van der Waals surface area (Å²) in [5.41, 5.74) is 2.10. The van der Waals surface area contributed by atoms with Crippen LogP contribution < -0.4 is 0 Å². The predicted octanol–water partition coefficient (Wildman–Crippen LogP) is 3.17. The van der Waals surface area contributed by atoms with Gasteiger partial charge in [0.05, 0.1) is 16.8 Å². The van der Waals surface area contributed by atoms with Gasteiger partial charge >= 0.3 is 0 Å². The van der Waals surface area contributed by atoms with Crippen LogP contribution in [0, 0.1) is 11.8 Å². The van der Waals surface area contributed by atoms with E-state index < -0.39 is 0 Å². The van der Waals surface area contributed by atoms with Crippen LogP contribution in [0.2, 0.25) is 0 Å². The molecule has 0 aliphatic carbocycles. The summed E-state index contributed by atoms with van der Waals surface area (Å²) in [5.74, 6) is 1.91. The monoisotopic (exact) mass is 317 g/mol. The van der Waals surface area contributed by atoms with Gasteiger partial charge in [0.1, 0.15) is 0 Å². The molecule has 3 rings (SSSR count). The molecule has 5 heteroatoms. The van der Waals surface area contributed by atoms with Crippen molar-refractivity contribution in [3.63, 3.8) is 0 Å². The van der Waals surface area contributed by atoms with Crippen LogP contribution in [0.4, 0.5) is 0 Å². The average molecular weight is 317 g/mol. The van der Waals surface area contributed by atoms with Crippen LogP contribution in [-0.4, -0.2) is 39.2 Å². The molecule has 1 saturated heterocycles. The Bertz CT molecular complexity index is 672. The summed E-state index contributed by atoms with van der Waals surface area (Å²) >= 11 is 1.54. The van der Waals surface area contributed by atoms with Crippen molar-refractivity contribution >= 4 is 28.7 Å². The number of amides is 1. The van der Waals surface area contributed by atoms with E-state index in [0.717, 1.165) is 29.3 Å². The topological polar surface area (TPSA) is 38.1 Å². The van der Waals surface area contributed by atoms with Gasteiger partial charge in [0.15, 0.2) is 5.16 Å². The van der Waals surface area contributed by atoms with Crippen LogP contribution in [0.5, 0.6) is 0 Å². The summed E-state index contributed by atoms with van der Waals surface area (Å²) in [7, 11) is 2.01. The van der Waals surface area contributed by atoms with Gasteiger partial charge in [-0.1, -0.05) is 37.7 Å². The van der Waals surface area contributed by atoms with Crippen LogP contribution in [0.25, 0.3) is 11.0 Å². The van der Waals surface area contributed by atoms with E-state index in [1.807, 2.05) is 30.1 Å². The van der Waals surface area contributed by atoms with Crippen LogP contribution in [0.1, 0.15) is 20.3 Å². The van der Waals surface area contributed by atoms with Crippen LogP contribution >= 0.6 is 11.8 Å². The normalized spacial score (nSPS) is 22.2. The minimum absolute atomic E-state index is 0.232. The number of rotatable bonds is 3. The number of carbonyl (C=O) groups excluding carboxylic acids is 1. The van der Waals surface area contributed by atoms with E-state index in [0.29, 0.717) is 17.6 Å². The Morgan fingerprint density at radius 2 is 1.95 bits per heavy atom. The highest BCUT2D eigenvalue weighted by Crippen LogP contribution is 2.25. The highest BCUT2D eigenvalue weighted by atomic mass is 32.2. The summed E-state index contributed by atoms with van der Waals surface area (Å²) in [6, 6.07) is 8.07. The quantitative estimate of drug-likeness (QED) is 0.816. The van der Waals surface area contributed by atoms with Crippen LogP contribution in [0.3, 0.4) is 0 Å². The molecule has 1 aliphatic heterocycles. The van der Waals surface area contributed by atoms with Crippen LogP contribution in [-0.2, 0) is 11.8 Å². The maximum Gasteiger partial charge on any atom is 0.233 e. The molecule has 2 atom stereocenters. The number of hydrogen-bond acceptors (Lipinski definition) is 3. The molecule has 22 heavy (non-hydrogen) atoms. The number of para-hydroxylation sites is 2. The van der Waals surface area contributed by atoms with E-state index in [1.165, 1.54) is 18.2 Å². The molecule has 0 N–H and O–H groups in total. The van der Waals surface area contributed by atoms with Crippen molar-refractivity contribution in [2.75, 3.05) is 18.8 Å². The number of nitrogens with zero attached hydrogens (tertiary/aromatic N) is 3. The Hall–Kier alpha value is -1.49. The molecule has 1 fully saturated rings. The van der Waals surface area contributed by atoms with Crippen molar-refractivity contribution in [2.45, 2.75) is 25.4 Å². The number of imidazole rings is 1. The first-order valence-electron chi connectivity index (χ1n) is 7.86. The van der Waals surface area contributed by atoms with E-state index in [-0.39, 0.29) is 5.91 Å². The second-order valence-electron chi connectivity index (χ2n) is 6.48. The third-order valence-corrected chi connectivity index (χ3v) is 5.31. The molecule has 118 valence electrons. The van der Waals surface area contributed by atoms with E-state index in [1.54, 1.807) is 0 Å². The van der Waals surface area contributed by atoms with Crippen LogP contribution in [0.15, 0.2) is 29.4 Å². The van der Waals surface area contributed by atoms with E-state index >= 15 is 0 Å². The molecule has 2 aromatic rings. The lowest BCUT2D eigenvalue weighted by molar-refractivity contribution is -0.130. The van der Waals surface area contributed by atoms with E-state index in [4.69, 9.17) is 0 Å². The number of carbonyl (C=O) groups is 1. The first-order valence-corrected chi connectivity index (χ1v) is 8.85. The van der Waals surface area contributed by atoms with Gasteiger partial charge in [-0.2, -0.15) is 0 Å². The molecular formula is C17H23N3OS. The third-order valence-electron chi connectivity index (χ3n) is 4.29. The zero-order valence-corrected chi connectivity index (χ0v) is 14.3. The predicted molar refractivity (Wildman–Crippen MR) is 91.0 cm³/mol. The van der Waals surface area contributed by atoms with E-state index in [9.17, 15) is 4.79 Å². The molecular weight excluding hydrogens is 294 g/mol. The lowest BCUT2D eigenvalue weighted by atomic mass is 9.92. The zero-order valence-electron chi connectivity index (χ0n) is 13.5. The summed E-state index contributed by atoms with van der Waals surface area (Å²) in [6.07, 6.45) is 1.22. The molecule has 0 unspecified atom stereocenters. The molecule has 0 saturated carbocycles. The fourth-order valence-electron chi connectivity index (χ4n) is 3.34. The Morgan fingerprint density at radius 1 is 1.27 bits per heavy atom. The van der Waals surface area contributed by atoms with Crippen molar-refractivity contribution in [3.05, 3.63) is 24.3 Å². The highest BCUT2D eigenvalue weighted by molar-refractivity contribution is 7.99. The van der Waals surface area contributed by atoms with Gasteiger partial charge in [0, 0.05) is 20.1 Å². The number of piperidine rings is 1. The van der Waals surface area contributed by atoms with Gasteiger partial charge in [0.25, 0.3) is 0 Å². The smallest absolute Gasteiger partial charge is 0.233 e. The van der Waals surface area contributed by atoms with E-state index in [2.05, 4.69) is 29.5 Å². The van der Waals surface area contributed by atoms with Crippen molar-refractivity contribution in [2.24, 2.45) is 18.9 Å². The largest absolute Gasteiger partial charge is 0.341 e. The van der Waals surface area contributed by atoms with Crippen molar-refractivity contribution < 1.29 is 4.79 Å². The molecule has 0 radical (unpaired) electrons. The molecule has 0 spiro atoms. The first kappa shape index (κ1) is 15.4. The van der Waals surface area contributed by atoms with Gasteiger partial charge in [-0.15, -0.1) is 0 Å².